The normalized spacial score (nSPS) is 12.0. The molecule has 2 aromatic rings. The minimum atomic E-state index is -0.599. The zero-order valence-corrected chi connectivity index (χ0v) is 13.3. The number of aromatic nitrogens is 1. The number of benzene rings is 1. The van der Waals surface area contributed by atoms with Gasteiger partial charge in [-0.15, -0.1) is 0 Å². The Morgan fingerprint density at radius 3 is 2.90 bits per heavy atom. The molecule has 0 unspecified atom stereocenters. The molecular formula is C14H12FIN2O3. The van der Waals surface area contributed by atoms with Crippen molar-refractivity contribution in [3.8, 4) is 5.75 Å². The molecule has 0 aliphatic rings. The standard InChI is InChI=1S/C14H12FIN2O3/c1-2-12(10-8-9(15)5-6-11(10)16)21-13-4-3-7-17-14(13)18(19)20/h3-8,12H,2H2,1H3/t12-/m1/s1. The Balaban J connectivity index is 2.36. The van der Waals surface area contributed by atoms with E-state index in [0.29, 0.717) is 12.0 Å². The van der Waals surface area contributed by atoms with Crippen LogP contribution >= 0.6 is 22.6 Å². The number of pyridine rings is 1. The number of halogens is 2. The number of hydrogen-bond acceptors (Lipinski definition) is 4. The average Bonchev–Trinajstić information content (AvgIpc) is 2.47. The molecule has 0 radical (unpaired) electrons. The molecule has 7 heteroatoms. The summed E-state index contributed by atoms with van der Waals surface area (Å²) in [4.78, 5) is 14.1. The monoisotopic (exact) mass is 402 g/mol. The van der Waals surface area contributed by atoms with E-state index in [2.05, 4.69) is 27.6 Å². The predicted octanol–water partition coefficient (Wildman–Crippen LogP) is 4.26. The van der Waals surface area contributed by atoms with Crippen molar-refractivity contribution in [2.24, 2.45) is 0 Å². The van der Waals surface area contributed by atoms with E-state index in [0.717, 1.165) is 3.57 Å². The third-order valence-corrected chi connectivity index (χ3v) is 3.85. The average molecular weight is 402 g/mol. The number of ether oxygens (including phenoxy) is 1. The number of hydrogen-bond donors (Lipinski definition) is 0. The van der Waals surface area contributed by atoms with E-state index in [1.54, 1.807) is 12.1 Å². The zero-order valence-electron chi connectivity index (χ0n) is 11.1. The highest BCUT2D eigenvalue weighted by Crippen LogP contribution is 2.32. The maximum absolute atomic E-state index is 13.4. The van der Waals surface area contributed by atoms with Gasteiger partial charge in [-0.2, -0.15) is 0 Å². The number of rotatable bonds is 5. The van der Waals surface area contributed by atoms with Crippen molar-refractivity contribution in [2.45, 2.75) is 19.4 Å². The third kappa shape index (κ3) is 3.66. The second kappa shape index (κ2) is 6.79. The minimum Gasteiger partial charge on any atom is -0.477 e. The van der Waals surface area contributed by atoms with Crippen LogP contribution in [0.4, 0.5) is 10.2 Å². The van der Waals surface area contributed by atoms with Gasteiger partial charge < -0.3 is 14.9 Å². The molecule has 0 aliphatic carbocycles. The van der Waals surface area contributed by atoms with Crippen LogP contribution in [0.25, 0.3) is 0 Å². The Labute approximate surface area is 134 Å². The van der Waals surface area contributed by atoms with E-state index in [1.165, 1.54) is 24.4 Å². The van der Waals surface area contributed by atoms with Gasteiger partial charge in [-0.3, -0.25) is 0 Å². The lowest BCUT2D eigenvalue weighted by Crippen LogP contribution is -2.10. The van der Waals surface area contributed by atoms with Crippen LogP contribution in [-0.4, -0.2) is 9.91 Å². The summed E-state index contributed by atoms with van der Waals surface area (Å²) in [5.41, 5.74) is 0.663. The van der Waals surface area contributed by atoms with Crippen LogP contribution < -0.4 is 4.74 Å². The summed E-state index contributed by atoms with van der Waals surface area (Å²) in [6.07, 6.45) is 1.40. The lowest BCUT2D eigenvalue weighted by molar-refractivity contribution is -0.390. The Morgan fingerprint density at radius 2 is 2.24 bits per heavy atom. The second-order valence-corrected chi connectivity index (χ2v) is 5.43. The highest BCUT2D eigenvalue weighted by Gasteiger charge is 2.21. The van der Waals surface area contributed by atoms with Crippen LogP contribution in [-0.2, 0) is 0 Å². The third-order valence-electron chi connectivity index (χ3n) is 2.87. The van der Waals surface area contributed by atoms with Crippen molar-refractivity contribution in [1.82, 2.24) is 4.98 Å². The summed E-state index contributed by atoms with van der Waals surface area (Å²) in [5.74, 6) is -0.634. The Morgan fingerprint density at radius 1 is 1.48 bits per heavy atom. The zero-order chi connectivity index (χ0) is 15.4. The molecule has 0 amide bonds. The van der Waals surface area contributed by atoms with Gasteiger partial charge in [-0.05, 0) is 69.3 Å². The first-order valence-electron chi connectivity index (χ1n) is 6.24. The highest BCUT2D eigenvalue weighted by atomic mass is 127. The summed E-state index contributed by atoms with van der Waals surface area (Å²) in [6, 6.07) is 7.45. The molecule has 0 fully saturated rings. The molecule has 1 aromatic carbocycles. The van der Waals surface area contributed by atoms with Gasteiger partial charge in [0.25, 0.3) is 0 Å². The van der Waals surface area contributed by atoms with E-state index in [4.69, 9.17) is 4.74 Å². The smallest absolute Gasteiger partial charge is 0.406 e. The minimum absolute atomic E-state index is 0.0782. The molecule has 110 valence electrons. The molecule has 1 aromatic heterocycles. The van der Waals surface area contributed by atoms with Gasteiger partial charge in [0.1, 0.15) is 18.1 Å². The Bertz CT molecular complexity index is 666. The molecular weight excluding hydrogens is 390 g/mol. The first-order valence-corrected chi connectivity index (χ1v) is 7.31. The van der Waals surface area contributed by atoms with E-state index in [1.807, 2.05) is 6.92 Å². The van der Waals surface area contributed by atoms with Crippen LogP contribution in [0.15, 0.2) is 36.5 Å². The van der Waals surface area contributed by atoms with Crippen LogP contribution in [0.5, 0.6) is 5.75 Å². The van der Waals surface area contributed by atoms with Gasteiger partial charge >= 0.3 is 5.82 Å². The van der Waals surface area contributed by atoms with Crippen LogP contribution in [0.2, 0.25) is 0 Å². The van der Waals surface area contributed by atoms with Gasteiger partial charge in [-0.1, -0.05) is 6.92 Å². The SMILES string of the molecule is CC[C@@H](Oc1cccnc1[N+](=O)[O-])c1cc(F)ccc1I. The van der Waals surface area contributed by atoms with Crippen molar-refractivity contribution in [1.29, 1.82) is 0 Å². The molecule has 0 aliphatic heterocycles. The first-order chi connectivity index (χ1) is 10.0. The van der Waals surface area contributed by atoms with Gasteiger partial charge in [0, 0.05) is 9.13 Å². The summed E-state index contributed by atoms with van der Waals surface area (Å²) < 4.78 is 20.0. The maximum atomic E-state index is 13.4. The Kier molecular flexibility index (Phi) is 5.05. The quantitative estimate of drug-likeness (QED) is 0.426. The maximum Gasteiger partial charge on any atom is 0.406 e. The summed E-state index contributed by atoms with van der Waals surface area (Å²) in [7, 11) is 0. The van der Waals surface area contributed by atoms with Crippen LogP contribution in [0.1, 0.15) is 25.0 Å². The lowest BCUT2D eigenvalue weighted by Gasteiger charge is -2.19. The van der Waals surface area contributed by atoms with Gasteiger partial charge in [0.15, 0.2) is 0 Å². The van der Waals surface area contributed by atoms with Gasteiger partial charge in [0.05, 0.1) is 0 Å². The summed E-state index contributed by atoms with van der Waals surface area (Å²) >= 11 is 2.08. The van der Waals surface area contributed by atoms with Crippen LogP contribution in [0, 0.1) is 19.5 Å². The van der Waals surface area contributed by atoms with Crippen molar-refractivity contribution in [2.75, 3.05) is 0 Å². The van der Waals surface area contributed by atoms with E-state index < -0.39 is 11.0 Å². The molecule has 0 bridgehead atoms. The fourth-order valence-corrected chi connectivity index (χ4v) is 2.58. The molecule has 5 nitrogen and oxygen atoms in total. The molecule has 0 saturated carbocycles. The van der Waals surface area contributed by atoms with Crippen molar-refractivity contribution < 1.29 is 14.1 Å². The fourth-order valence-electron chi connectivity index (χ4n) is 1.89. The molecule has 0 N–H and O–H groups in total. The van der Waals surface area contributed by atoms with Crippen molar-refractivity contribution in [3.05, 3.63) is 61.6 Å². The fraction of sp³-hybridized carbons (Fsp3) is 0.214. The molecule has 21 heavy (non-hydrogen) atoms. The molecule has 1 heterocycles. The summed E-state index contributed by atoms with van der Waals surface area (Å²) in [6.45, 7) is 1.87. The predicted molar refractivity (Wildman–Crippen MR) is 83.7 cm³/mol. The Hall–Kier alpha value is -1.77. The molecule has 0 saturated heterocycles. The van der Waals surface area contributed by atoms with E-state index >= 15 is 0 Å². The second-order valence-electron chi connectivity index (χ2n) is 4.26. The highest BCUT2D eigenvalue weighted by molar-refractivity contribution is 14.1. The molecule has 1 atom stereocenters. The van der Waals surface area contributed by atoms with Crippen molar-refractivity contribution >= 4 is 28.4 Å². The molecule has 2 rings (SSSR count). The largest absolute Gasteiger partial charge is 0.477 e. The van der Waals surface area contributed by atoms with Crippen LogP contribution in [0.3, 0.4) is 0 Å². The lowest BCUT2D eigenvalue weighted by atomic mass is 10.1. The topological polar surface area (TPSA) is 65.3 Å². The van der Waals surface area contributed by atoms with E-state index in [9.17, 15) is 14.5 Å². The summed E-state index contributed by atoms with van der Waals surface area (Å²) in [5, 5.41) is 11.0. The van der Waals surface area contributed by atoms with Gasteiger partial charge in [-0.25, -0.2) is 4.39 Å². The van der Waals surface area contributed by atoms with Gasteiger partial charge in [0.2, 0.25) is 5.75 Å². The van der Waals surface area contributed by atoms with E-state index in [-0.39, 0.29) is 17.4 Å². The number of nitrogens with zero attached hydrogens (tertiary/aromatic N) is 2. The number of nitro groups is 1. The first kappa shape index (κ1) is 15.6. The van der Waals surface area contributed by atoms with Crippen molar-refractivity contribution in [3.63, 3.8) is 0 Å². The molecule has 0 spiro atoms.